The van der Waals surface area contributed by atoms with Crippen LogP contribution in [0.25, 0.3) is 0 Å². The third-order valence-corrected chi connectivity index (χ3v) is 4.73. The molecule has 0 spiro atoms. The monoisotopic (exact) mass is 290 g/mol. The Bertz CT molecular complexity index is 396. The van der Waals surface area contributed by atoms with E-state index in [9.17, 15) is 0 Å². The molecule has 0 aliphatic heterocycles. The molecule has 1 rings (SSSR count). The average molecular weight is 290 g/mol. The van der Waals surface area contributed by atoms with Crippen molar-refractivity contribution in [2.24, 2.45) is 5.41 Å². The van der Waals surface area contributed by atoms with Gasteiger partial charge < -0.3 is 10.2 Å². The fraction of sp³-hybridized carbons (Fsp3) is 0.684. The molecule has 0 saturated heterocycles. The topological polar surface area (TPSA) is 15.3 Å². The van der Waals surface area contributed by atoms with Crippen LogP contribution in [-0.2, 0) is 6.54 Å². The molecule has 0 fully saturated rings. The van der Waals surface area contributed by atoms with Crippen molar-refractivity contribution in [3.8, 4) is 0 Å². The molecule has 120 valence electrons. The molecule has 2 heteroatoms. The van der Waals surface area contributed by atoms with E-state index in [-0.39, 0.29) is 0 Å². The van der Waals surface area contributed by atoms with E-state index in [1.54, 1.807) is 0 Å². The molecule has 0 saturated carbocycles. The molecule has 0 aliphatic rings. The van der Waals surface area contributed by atoms with Gasteiger partial charge in [0.05, 0.1) is 0 Å². The number of hydrogen-bond donors (Lipinski definition) is 1. The van der Waals surface area contributed by atoms with E-state index in [0.29, 0.717) is 5.41 Å². The number of rotatable bonds is 10. The van der Waals surface area contributed by atoms with Gasteiger partial charge in [-0.15, -0.1) is 0 Å². The molecule has 1 aromatic carbocycles. The number of nitrogens with zero attached hydrogens (tertiary/aromatic N) is 1. The lowest BCUT2D eigenvalue weighted by atomic mass is 9.81. The Morgan fingerprint density at radius 1 is 1.10 bits per heavy atom. The first-order valence-electron chi connectivity index (χ1n) is 8.50. The van der Waals surface area contributed by atoms with Gasteiger partial charge in [0, 0.05) is 19.6 Å². The fourth-order valence-corrected chi connectivity index (χ4v) is 3.02. The summed E-state index contributed by atoms with van der Waals surface area (Å²) in [7, 11) is 2.26. The Kier molecular flexibility index (Phi) is 7.98. The summed E-state index contributed by atoms with van der Waals surface area (Å²) in [5.74, 6) is 0. The molecule has 0 unspecified atom stereocenters. The maximum atomic E-state index is 3.63. The Balaban J connectivity index is 2.63. The third kappa shape index (κ3) is 5.80. The van der Waals surface area contributed by atoms with Crippen LogP contribution in [0.1, 0.15) is 51.2 Å². The van der Waals surface area contributed by atoms with Crippen LogP contribution >= 0.6 is 0 Å². The predicted molar refractivity (Wildman–Crippen MR) is 93.7 cm³/mol. The molecule has 0 heterocycles. The van der Waals surface area contributed by atoms with Gasteiger partial charge >= 0.3 is 0 Å². The highest BCUT2D eigenvalue weighted by Gasteiger charge is 2.27. The highest BCUT2D eigenvalue weighted by Crippen LogP contribution is 2.27. The highest BCUT2D eigenvalue weighted by atomic mass is 15.1. The number of aryl methyl sites for hydroxylation is 1. The van der Waals surface area contributed by atoms with Crippen molar-refractivity contribution < 1.29 is 0 Å². The van der Waals surface area contributed by atoms with Crippen molar-refractivity contribution in [1.82, 2.24) is 10.2 Å². The second-order valence-electron chi connectivity index (χ2n) is 6.48. The van der Waals surface area contributed by atoms with E-state index in [2.05, 4.69) is 69.2 Å². The van der Waals surface area contributed by atoms with Crippen LogP contribution in [0, 0.1) is 12.3 Å². The van der Waals surface area contributed by atoms with E-state index in [0.717, 1.165) is 26.2 Å². The molecule has 0 amide bonds. The van der Waals surface area contributed by atoms with Gasteiger partial charge in [-0.05, 0) is 56.3 Å². The number of benzene rings is 1. The quantitative estimate of drug-likeness (QED) is 0.649. The zero-order chi connectivity index (χ0) is 15.7. The van der Waals surface area contributed by atoms with Crippen molar-refractivity contribution in [3.63, 3.8) is 0 Å². The Hall–Kier alpha value is -0.860. The lowest BCUT2D eigenvalue weighted by Crippen LogP contribution is -2.42. The van der Waals surface area contributed by atoms with E-state index in [1.165, 1.54) is 30.4 Å². The van der Waals surface area contributed by atoms with Gasteiger partial charge in [-0.2, -0.15) is 0 Å². The van der Waals surface area contributed by atoms with Crippen LogP contribution in [0.3, 0.4) is 0 Å². The van der Waals surface area contributed by atoms with Crippen molar-refractivity contribution in [2.45, 2.75) is 53.5 Å². The van der Waals surface area contributed by atoms with E-state index in [4.69, 9.17) is 0 Å². The Morgan fingerprint density at radius 2 is 1.76 bits per heavy atom. The zero-order valence-corrected chi connectivity index (χ0v) is 14.7. The molecule has 0 aromatic heterocycles. The first kappa shape index (κ1) is 18.2. The largest absolute Gasteiger partial charge is 0.316 e. The van der Waals surface area contributed by atoms with Crippen LogP contribution in [0.5, 0.6) is 0 Å². The minimum Gasteiger partial charge on any atom is -0.316 e. The second-order valence-corrected chi connectivity index (χ2v) is 6.48. The van der Waals surface area contributed by atoms with Gasteiger partial charge in [0.15, 0.2) is 0 Å². The third-order valence-electron chi connectivity index (χ3n) is 4.73. The Labute approximate surface area is 131 Å². The SMILES string of the molecule is CCCNCC(CC)(CC)CN(C)Cc1ccccc1C. The molecule has 1 aromatic rings. The van der Waals surface area contributed by atoms with Gasteiger partial charge in [0.1, 0.15) is 0 Å². The second kappa shape index (κ2) is 9.22. The van der Waals surface area contributed by atoms with Gasteiger partial charge in [-0.1, -0.05) is 45.0 Å². The summed E-state index contributed by atoms with van der Waals surface area (Å²) in [5.41, 5.74) is 3.24. The molecule has 21 heavy (non-hydrogen) atoms. The van der Waals surface area contributed by atoms with Gasteiger partial charge in [0.25, 0.3) is 0 Å². The summed E-state index contributed by atoms with van der Waals surface area (Å²) in [6.45, 7) is 13.6. The van der Waals surface area contributed by atoms with E-state index < -0.39 is 0 Å². The average Bonchev–Trinajstić information content (AvgIpc) is 2.49. The molecular weight excluding hydrogens is 256 g/mol. The lowest BCUT2D eigenvalue weighted by molar-refractivity contribution is 0.151. The van der Waals surface area contributed by atoms with Crippen LogP contribution in [0.2, 0.25) is 0 Å². The first-order chi connectivity index (χ1) is 10.1. The molecular formula is C19H34N2. The fourth-order valence-electron chi connectivity index (χ4n) is 3.02. The molecule has 2 nitrogen and oxygen atoms in total. The van der Waals surface area contributed by atoms with E-state index >= 15 is 0 Å². The van der Waals surface area contributed by atoms with Crippen LogP contribution < -0.4 is 5.32 Å². The van der Waals surface area contributed by atoms with Crippen LogP contribution in [0.4, 0.5) is 0 Å². The van der Waals surface area contributed by atoms with Gasteiger partial charge in [0.2, 0.25) is 0 Å². The molecule has 0 aliphatic carbocycles. The predicted octanol–water partition coefficient (Wildman–Crippen LogP) is 4.23. The first-order valence-corrected chi connectivity index (χ1v) is 8.50. The minimum absolute atomic E-state index is 0.395. The summed E-state index contributed by atoms with van der Waals surface area (Å²) in [5, 5.41) is 3.63. The van der Waals surface area contributed by atoms with E-state index in [1.807, 2.05) is 0 Å². The molecule has 1 N–H and O–H groups in total. The minimum atomic E-state index is 0.395. The zero-order valence-electron chi connectivity index (χ0n) is 14.7. The molecule has 0 radical (unpaired) electrons. The van der Waals surface area contributed by atoms with Crippen molar-refractivity contribution in [1.29, 1.82) is 0 Å². The van der Waals surface area contributed by atoms with Gasteiger partial charge in [-0.3, -0.25) is 0 Å². The maximum Gasteiger partial charge on any atom is 0.0233 e. The smallest absolute Gasteiger partial charge is 0.0233 e. The summed E-state index contributed by atoms with van der Waals surface area (Å²) < 4.78 is 0. The summed E-state index contributed by atoms with van der Waals surface area (Å²) in [6.07, 6.45) is 3.68. The highest BCUT2D eigenvalue weighted by molar-refractivity contribution is 5.25. The maximum absolute atomic E-state index is 3.63. The van der Waals surface area contributed by atoms with Crippen molar-refractivity contribution in [2.75, 3.05) is 26.7 Å². The van der Waals surface area contributed by atoms with Gasteiger partial charge in [-0.25, -0.2) is 0 Å². The normalized spacial score (nSPS) is 12.1. The standard InChI is InChI=1S/C19H34N2/c1-6-13-20-15-19(7-2,8-3)16-21(5)14-18-12-10-9-11-17(18)4/h9-12,20H,6-8,13-16H2,1-5H3. The molecule has 0 atom stereocenters. The Morgan fingerprint density at radius 3 is 2.33 bits per heavy atom. The number of nitrogens with one attached hydrogen (secondary N) is 1. The van der Waals surface area contributed by atoms with Crippen LogP contribution in [0.15, 0.2) is 24.3 Å². The van der Waals surface area contributed by atoms with Crippen molar-refractivity contribution in [3.05, 3.63) is 35.4 Å². The molecule has 0 bridgehead atoms. The van der Waals surface area contributed by atoms with Crippen molar-refractivity contribution >= 4 is 0 Å². The van der Waals surface area contributed by atoms with Crippen LogP contribution in [-0.4, -0.2) is 31.6 Å². The summed E-state index contributed by atoms with van der Waals surface area (Å²) >= 11 is 0. The number of hydrogen-bond acceptors (Lipinski definition) is 2. The summed E-state index contributed by atoms with van der Waals surface area (Å²) in [4.78, 5) is 2.49. The lowest BCUT2D eigenvalue weighted by Gasteiger charge is -2.36. The summed E-state index contributed by atoms with van der Waals surface area (Å²) in [6, 6.07) is 8.72.